The first-order valence-electron chi connectivity index (χ1n) is 34.4. The number of hydrogen-bond donors (Lipinski definition) is 16. The number of aromatic nitrogens is 5. The van der Waals surface area contributed by atoms with Crippen LogP contribution >= 0.6 is 32.9 Å². The number of nitrogens with one attached hydrogen (secondary N) is 13. The summed E-state index contributed by atoms with van der Waals surface area (Å²) in [7, 11) is 4.01. The summed E-state index contributed by atoms with van der Waals surface area (Å²) in [6.45, 7) is 4.75. The van der Waals surface area contributed by atoms with Crippen LogP contribution < -0.4 is 75.3 Å². The maximum atomic E-state index is 14.1. The fourth-order valence-electron chi connectivity index (χ4n) is 9.81. The highest BCUT2D eigenvalue weighted by Crippen LogP contribution is 2.23. The van der Waals surface area contributed by atoms with Gasteiger partial charge in [-0.25, -0.2) is 34.8 Å². The van der Waals surface area contributed by atoms with Crippen molar-refractivity contribution >= 4 is 145 Å². The number of piperidine rings is 1. The monoisotopic (exact) mass is 1570 g/mol. The Labute approximate surface area is 631 Å². The summed E-state index contributed by atoms with van der Waals surface area (Å²) in [4.78, 5) is 223. The number of hydrazine groups is 1. The Balaban J connectivity index is 0.861. The van der Waals surface area contributed by atoms with Gasteiger partial charge in [0.05, 0.1) is 62.2 Å². The van der Waals surface area contributed by atoms with Gasteiger partial charge in [0.15, 0.2) is 17.9 Å². The number of nitrogens with two attached hydrogens (primary N) is 1. The number of aliphatic carboxylic acids is 2. The summed E-state index contributed by atoms with van der Waals surface area (Å²) in [5.41, 5.74) is 10.6. The molecule has 0 aliphatic carbocycles. The molecule has 40 nitrogen and oxygen atoms in total. The second-order valence-corrected chi connectivity index (χ2v) is 28.1. The highest BCUT2D eigenvalue weighted by atomic mass is 33.1. The van der Waals surface area contributed by atoms with Crippen molar-refractivity contribution in [2.24, 2.45) is 11.8 Å². The van der Waals surface area contributed by atoms with E-state index in [1.807, 2.05) is 32.7 Å². The molecule has 0 spiro atoms. The number of aryl methyl sites for hydroxylation is 1. The highest BCUT2D eigenvalue weighted by molar-refractivity contribution is 8.76. The molecule has 1 unspecified atom stereocenters. The Morgan fingerprint density at radius 3 is 2.02 bits per heavy atom. The van der Waals surface area contributed by atoms with Crippen molar-refractivity contribution in [3.8, 4) is 0 Å². The molecule has 3 aromatic heterocycles. The largest absolute Gasteiger partial charge is 0.480 e. The van der Waals surface area contributed by atoms with Crippen molar-refractivity contribution in [2.45, 2.75) is 129 Å². The normalized spacial score (nSPS) is 13.9. The van der Waals surface area contributed by atoms with Crippen LogP contribution in [0, 0.1) is 11.8 Å². The van der Waals surface area contributed by atoms with Gasteiger partial charge < -0.3 is 83.5 Å². The van der Waals surface area contributed by atoms with Gasteiger partial charge in [0.1, 0.15) is 30.4 Å². The van der Waals surface area contributed by atoms with Gasteiger partial charge in [-0.2, -0.15) is 4.98 Å². The van der Waals surface area contributed by atoms with Gasteiger partial charge in [0, 0.05) is 66.4 Å². The predicted octanol–water partition coefficient (Wildman–Crippen LogP) is -1.85. The standard InChI is InChI=1S/C65H92N20O20S3/c1-6-11-52(92)105-35-85(61(98)53(36(3)7-2)79-59(96)44-12-8-9-22-84(44)5)23-10-13-51-77-42(33-106-51)58(95)67-21-20-37(4)56(93)82-83-65(103)104-24-25-107-108-34-43(63(101)102)76-50(91)32-73-49(90)31-72-48(89)30-71-47(88)29-70-46(87)28-69-45(86)19-18-41(62(99)100)78-57(94)38-14-16-39(17-15-38)68-26-40-27-74-55-54(75-40)60(97)81-64(66)80-55/h14-17,27,33,36-37,41,43-44,53,68H,6-13,18-26,28-32,34-35H2,1-5H3,(H,67,95)(H,69,86)(H,70,87)(H,71,88)(H,72,89)(H,73,90)(H,76,91)(H,78,94)(H,79,96)(H,82,93)(H,83,103)(H,99,100)(H,101,102)(H3,66,74,80,81,97)/t36?,37-,41+,43+,44+,53-/m0/s1. The number of benzene rings is 1. The van der Waals surface area contributed by atoms with E-state index in [1.54, 1.807) is 24.4 Å². The number of esters is 1. The molecule has 1 aliphatic rings. The number of likely N-dealkylation sites (N-methyl/N-ethyl adjacent to an activating group) is 1. The van der Waals surface area contributed by atoms with Crippen LogP contribution in [-0.2, 0) is 80.0 Å². The van der Waals surface area contributed by atoms with Gasteiger partial charge in [0.2, 0.25) is 59.1 Å². The quantitative estimate of drug-likeness (QED) is 0.00759. The van der Waals surface area contributed by atoms with Crippen LogP contribution in [0.3, 0.4) is 0 Å². The van der Waals surface area contributed by atoms with Crippen molar-refractivity contribution in [1.82, 2.24) is 93.4 Å². The van der Waals surface area contributed by atoms with Gasteiger partial charge >= 0.3 is 24.0 Å². The van der Waals surface area contributed by atoms with Crippen LogP contribution in [0.1, 0.15) is 123 Å². The third-order valence-electron chi connectivity index (χ3n) is 16.2. The molecule has 12 amide bonds. The number of carboxylic acids is 2. The molecule has 4 heterocycles. The minimum Gasteiger partial charge on any atom is -0.480 e. The molecular formula is C65H92N20O20S3. The fraction of sp³-hybridized carbons (Fsp3) is 0.538. The Morgan fingerprint density at radius 1 is 0.741 bits per heavy atom. The minimum absolute atomic E-state index is 0.00678. The molecule has 1 saturated heterocycles. The van der Waals surface area contributed by atoms with Gasteiger partial charge in [-0.05, 0) is 82.3 Å². The molecule has 1 aromatic carbocycles. The van der Waals surface area contributed by atoms with E-state index in [4.69, 9.17) is 15.2 Å². The third-order valence-corrected chi connectivity index (χ3v) is 19.4. The van der Waals surface area contributed by atoms with E-state index in [0.717, 1.165) is 41.0 Å². The number of nitrogen functional groups attached to an aromatic ring is 1. The number of nitrogens with zero attached hydrogens (tertiary/aromatic N) is 6. The molecule has 1 aliphatic heterocycles. The molecule has 17 N–H and O–H groups in total. The Bertz CT molecular complexity index is 3870. The number of fused-ring (bicyclic) bond motifs is 1. The minimum atomic E-state index is -1.49. The molecule has 0 saturated carbocycles. The topological polar surface area (TPSA) is 576 Å². The third kappa shape index (κ3) is 31.7. The number of H-pyrrole nitrogens is 1. The average molecular weight is 1570 g/mol. The lowest BCUT2D eigenvalue weighted by molar-refractivity contribution is -0.155. The highest BCUT2D eigenvalue weighted by Gasteiger charge is 2.35. The summed E-state index contributed by atoms with van der Waals surface area (Å²) < 4.78 is 10.5. The summed E-state index contributed by atoms with van der Waals surface area (Å²) in [5, 5.41) is 45.9. The number of ether oxygens (including phenoxy) is 2. The summed E-state index contributed by atoms with van der Waals surface area (Å²) in [5.74, 6) is -11.7. The van der Waals surface area contributed by atoms with Gasteiger partial charge in [0.25, 0.3) is 17.4 Å². The van der Waals surface area contributed by atoms with Crippen LogP contribution in [0.5, 0.6) is 0 Å². The maximum absolute atomic E-state index is 14.1. The number of carbonyl (C=O) groups excluding carboxylic acids is 13. The fourth-order valence-corrected chi connectivity index (χ4v) is 12.6. The number of carbonyl (C=O) groups is 15. The number of hydrogen-bond acceptors (Lipinski definition) is 28. The molecule has 0 radical (unpaired) electrons. The second-order valence-electron chi connectivity index (χ2n) is 24.6. The van der Waals surface area contributed by atoms with E-state index >= 15 is 0 Å². The van der Waals surface area contributed by atoms with E-state index in [-0.39, 0.29) is 116 Å². The summed E-state index contributed by atoms with van der Waals surface area (Å²) in [6.07, 6.45) is 4.57. The number of anilines is 2. The Hall–Kier alpha value is -10.8. The molecule has 5 rings (SSSR count). The number of aromatic amines is 1. The van der Waals surface area contributed by atoms with Crippen molar-refractivity contribution < 1.29 is 91.6 Å². The number of likely N-dealkylation sites (tertiary alicyclic amines) is 1. The summed E-state index contributed by atoms with van der Waals surface area (Å²) >= 11 is 1.25. The van der Waals surface area contributed by atoms with E-state index in [0.29, 0.717) is 48.5 Å². The zero-order chi connectivity index (χ0) is 79.2. The average Bonchev–Trinajstić information content (AvgIpc) is 0.856. The van der Waals surface area contributed by atoms with Crippen molar-refractivity contribution in [3.05, 3.63) is 68.2 Å². The van der Waals surface area contributed by atoms with Gasteiger partial charge in [-0.3, -0.25) is 77.6 Å². The molecule has 0 bridgehead atoms. The molecular weight excluding hydrogens is 1480 g/mol. The first-order valence-corrected chi connectivity index (χ1v) is 37.8. The van der Waals surface area contributed by atoms with E-state index in [9.17, 15) is 86.9 Å². The lowest BCUT2D eigenvalue weighted by Crippen LogP contribution is -2.57. The molecule has 43 heteroatoms. The van der Waals surface area contributed by atoms with Crippen LogP contribution in [0.25, 0.3) is 11.2 Å². The van der Waals surface area contributed by atoms with Crippen LogP contribution in [0.4, 0.5) is 16.4 Å². The summed E-state index contributed by atoms with van der Waals surface area (Å²) in [6, 6.07) is 1.84. The number of carboxylic acid groups (broad SMARTS) is 2. The Kier molecular flexibility index (Phi) is 37.6. The zero-order valence-electron chi connectivity index (χ0n) is 60.1. The van der Waals surface area contributed by atoms with E-state index < -0.39 is 146 Å². The van der Waals surface area contributed by atoms with Crippen molar-refractivity contribution in [3.63, 3.8) is 0 Å². The van der Waals surface area contributed by atoms with Gasteiger partial charge in [-0.1, -0.05) is 62.1 Å². The predicted molar refractivity (Wildman–Crippen MR) is 392 cm³/mol. The number of rotatable bonds is 45. The molecule has 1 fully saturated rings. The van der Waals surface area contributed by atoms with E-state index in [2.05, 4.69) is 88.9 Å². The smallest absolute Gasteiger partial charge is 0.426 e. The molecule has 108 heavy (non-hydrogen) atoms. The number of thiazole rings is 1. The lowest BCUT2D eigenvalue weighted by Gasteiger charge is -2.35. The van der Waals surface area contributed by atoms with Crippen molar-refractivity contribution in [1.29, 1.82) is 0 Å². The van der Waals surface area contributed by atoms with Crippen molar-refractivity contribution in [2.75, 3.05) is 95.3 Å². The van der Waals surface area contributed by atoms with E-state index in [1.165, 1.54) is 34.6 Å². The first kappa shape index (κ1) is 87.8. The maximum Gasteiger partial charge on any atom is 0.426 e. The zero-order valence-corrected chi connectivity index (χ0v) is 62.6. The molecule has 6 atom stereocenters. The van der Waals surface area contributed by atoms with Crippen LogP contribution in [0.15, 0.2) is 40.6 Å². The van der Waals surface area contributed by atoms with Crippen LogP contribution in [-0.4, -0.2) is 242 Å². The lowest BCUT2D eigenvalue weighted by atomic mass is 9.96. The second kappa shape index (κ2) is 46.3. The Morgan fingerprint density at radius 2 is 1.39 bits per heavy atom. The van der Waals surface area contributed by atoms with Gasteiger partial charge in [-0.15, -0.1) is 11.3 Å². The number of amides is 12. The van der Waals surface area contributed by atoms with Crippen LogP contribution in [0.2, 0.25) is 0 Å². The first-order chi connectivity index (χ1) is 51.5. The SMILES string of the molecule is CCCC(=O)OCN(CCCc1nc(C(=O)NCC[C@H](C)C(=O)NNC(=O)OCCSSC[C@@H](NC(=O)CNC(=O)CNC(=O)CNC(=O)CNC(=O)CNC(=O)CC[C@@H](NC(=O)c2ccc(NCc3cnc4nc(N)[nH]c(=O)c4n3)cc2)C(=O)O)C(=O)O)cs1)C(=O)[C@@H](NC(=O)[C@H]1CCCCN1C)C(C)CC. The molecule has 4 aromatic rings. The molecule has 590 valence electrons.